The molecule has 0 atom stereocenters. The smallest absolute Gasteiger partial charge is 0.225 e. The summed E-state index contributed by atoms with van der Waals surface area (Å²) >= 11 is 0. The van der Waals surface area contributed by atoms with E-state index in [1.807, 2.05) is 0 Å². The number of nitrogens with one attached hydrogen (secondary N) is 1. The molecule has 0 radical (unpaired) electrons. The summed E-state index contributed by atoms with van der Waals surface area (Å²) in [6.45, 7) is 0.297. The highest BCUT2D eigenvalue weighted by Crippen LogP contribution is 2.18. The van der Waals surface area contributed by atoms with Crippen LogP contribution in [0.4, 0.5) is 10.2 Å². The summed E-state index contributed by atoms with van der Waals surface area (Å²) in [5.74, 6) is -0.157. The number of ether oxygens (including phenoxy) is 1. The van der Waals surface area contributed by atoms with Crippen LogP contribution in [0, 0.1) is 5.82 Å². The molecular formula is C15H15FN2O3. The monoisotopic (exact) mass is 290 g/mol. The number of amides is 1. The fourth-order valence-corrected chi connectivity index (χ4v) is 1.67. The molecule has 2 aromatic rings. The van der Waals surface area contributed by atoms with Crippen molar-refractivity contribution >= 4 is 11.7 Å². The lowest BCUT2D eigenvalue weighted by molar-refractivity contribution is -0.116. The average Bonchev–Trinajstić information content (AvgIpc) is 2.46. The Kier molecular flexibility index (Phi) is 5.09. The predicted octanol–water partition coefficient (Wildman–Crippen LogP) is 2.72. The summed E-state index contributed by atoms with van der Waals surface area (Å²) in [7, 11) is 0. The van der Waals surface area contributed by atoms with Gasteiger partial charge in [-0.1, -0.05) is 6.07 Å². The van der Waals surface area contributed by atoms with Gasteiger partial charge in [0.25, 0.3) is 0 Å². The van der Waals surface area contributed by atoms with Crippen LogP contribution in [0.2, 0.25) is 0 Å². The maximum atomic E-state index is 12.9. The van der Waals surface area contributed by atoms with Crippen LogP contribution in [0.1, 0.15) is 12.8 Å². The molecule has 0 spiro atoms. The van der Waals surface area contributed by atoms with E-state index in [0.717, 1.165) is 0 Å². The van der Waals surface area contributed by atoms with Crippen LogP contribution in [-0.2, 0) is 4.79 Å². The van der Waals surface area contributed by atoms with Crippen LogP contribution in [-0.4, -0.2) is 22.6 Å². The molecule has 1 aromatic heterocycles. The number of hydrogen-bond donors (Lipinski definition) is 2. The van der Waals surface area contributed by atoms with Crippen LogP contribution in [0.25, 0.3) is 0 Å². The summed E-state index contributed by atoms with van der Waals surface area (Å²) in [5, 5.41) is 12.0. The van der Waals surface area contributed by atoms with Gasteiger partial charge in [0.15, 0.2) is 11.6 Å². The fourth-order valence-electron chi connectivity index (χ4n) is 1.67. The Balaban J connectivity index is 1.71. The van der Waals surface area contributed by atoms with Crippen LogP contribution in [0.15, 0.2) is 42.6 Å². The van der Waals surface area contributed by atoms with E-state index in [-0.39, 0.29) is 29.7 Å². The Hall–Kier alpha value is -2.63. The molecule has 0 saturated carbocycles. The minimum atomic E-state index is -0.365. The number of anilines is 1. The maximum Gasteiger partial charge on any atom is 0.225 e. The molecule has 0 aliphatic heterocycles. The molecular weight excluding hydrogens is 275 g/mol. The Morgan fingerprint density at radius 2 is 2.19 bits per heavy atom. The van der Waals surface area contributed by atoms with Crippen molar-refractivity contribution in [2.24, 2.45) is 0 Å². The number of benzene rings is 1. The quantitative estimate of drug-likeness (QED) is 0.802. The van der Waals surface area contributed by atoms with Crippen molar-refractivity contribution in [3.05, 3.63) is 48.4 Å². The highest BCUT2D eigenvalue weighted by Gasteiger charge is 2.07. The Labute approximate surface area is 121 Å². The lowest BCUT2D eigenvalue weighted by atomic mass is 10.3. The van der Waals surface area contributed by atoms with Crippen molar-refractivity contribution < 1.29 is 19.0 Å². The van der Waals surface area contributed by atoms with E-state index in [4.69, 9.17) is 4.74 Å². The molecule has 21 heavy (non-hydrogen) atoms. The first kappa shape index (κ1) is 14.8. The normalized spacial score (nSPS) is 10.1. The second-order valence-corrected chi connectivity index (χ2v) is 4.33. The van der Waals surface area contributed by atoms with Gasteiger partial charge >= 0.3 is 0 Å². The van der Waals surface area contributed by atoms with Crippen molar-refractivity contribution in [3.63, 3.8) is 0 Å². The molecule has 2 N–H and O–H groups in total. The van der Waals surface area contributed by atoms with E-state index in [9.17, 15) is 14.3 Å². The number of pyridine rings is 1. The van der Waals surface area contributed by atoms with Gasteiger partial charge in [0.05, 0.1) is 6.61 Å². The van der Waals surface area contributed by atoms with Gasteiger partial charge in [-0.2, -0.15) is 0 Å². The summed E-state index contributed by atoms with van der Waals surface area (Å²) < 4.78 is 18.2. The standard InChI is InChI=1S/C15H15FN2O3/c16-11-4-1-5-12(10-11)21-9-3-7-14(20)18-15-13(19)6-2-8-17-15/h1-2,4-6,8,10,19H,3,7,9H2,(H,17,18,20). The van der Waals surface area contributed by atoms with Gasteiger partial charge < -0.3 is 15.2 Å². The molecule has 6 heteroatoms. The van der Waals surface area contributed by atoms with E-state index < -0.39 is 0 Å². The minimum Gasteiger partial charge on any atom is -0.504 e. The van der Waals surface area contributed by atoms with Gasteiger partial charge in [0, 0.05) is 18.7 Å². The maximum absolute atomic E-state index is 12.9. The number of carbonyl (C=O) groups is 1. The first-order chi connectivity index (χ1) is 10.1. The van der Waals surface area contributed by atoms with E-state index in [0.29, 0.717) is 18.8 Å². The Morgan fingerprint density at radius 3 is 2.95 bits per heavy atom. The molecule has 0 unspecified atom stereocenters. The van der Waals surface area contributed by atoms with Gasteiger partial charge in [-0.15, -0.1) is 0 Å². The first-order valence-corrected chi connectivity index (χ1v) is 6.47. The zero-order chi connectivity index (χ0) is 15.1. The lowest BCUT2D eigenvalue weighted by Crippen LogP contribution is -2.13. The van der Waals surface area contributed by atoms with E-state index in [1.54, 1.807) is 18.2 Å². The van der Waals surface area contributed by atoms with E-state index in [1.165, 1.54) is 24.4 Å². The van der Waals surface area contributed by atoms with Crippen molar-refractivity contribution in [1.29, 1.82) is 0 Å². The molecule has 0 saturated heterocycles. The Morgan fingerprint density at radius 1 is 1.33 bits per heavy atom. The first-order valence-electron chi connectivity index (χ1n) is 6.47. The second kappa shape index (κ2) is 7.23. The Bertz CT molecular complexity index is 619. The molecule has 1 aromatic carbocycles. The van der Waals surface area contributed by atoms with Gasteiger partial charge in [0.2, 0.25) is 5.91 Å². The van der Waals surface area contributed by atoms with Crippen molar-refractivity contribution in [2.75, 3.05) is 11.9 Å². The van der Waals surface area contributed by atoms with Crippen molar-refractivity contribution in [2.45, 2.75) is 12.8 Å². The number of aromatic hydroxyl groups is 1. The number of aromatic nitrogens is 1. The van der Waals surface area contributed by atoms with Crippen LogP contribution >= 0.6 is 0 Å². The zero-order valence-electron chi connectivity index (χ0n) is 11.3. The molecule has 5 nitrogen and oxygen atoms in total. The number of hydrogen-bond acceptors (Lipinski definition) is 4. The highest BCUT2D eigenvalue weighted by molar-refractivity contribution is 5.90. The predicted molar refractivity (Wildman–Crippen MR) is 75.7 cm³/mol. The SMILES string of the molecule is O=C(CCCOc1cccc(F)c1)Nc1ncccc1O. The van der Waals surface area contributed by atoms with E-state index >= 15 is 0 Å². The third kappa shape index (κ3) is 4.76. The van der Waals surface area contributed by atoms with Crippen molar-refractivity contribution in [1.82, 2.24) is 4.98 Å². The lowest BCUT2D eigenvalue weighted by Gasteiger charge is -2.07. The number of halogens is 1. The van der Waals surface area contributed by atoms with Gasteiger partial charge in [0.1, 0.15) is 11.6 Å². The van der Waals surface area contributed by atoms with Gasteiger partial charge in [-0.3, -0.25) is 4.79 Å². The average molecular weight is 290 g/mol. The number of nitrogens with zero attached hydrogens (tertiary/aromatic N) is 1. The summed E-state index contributed by atoms with van der Waals surface area (Å²) in [5.41, 5.74) is 0. The van der Waals surface area contributed by atoms with Crippen molar-refractivity contribution in [3.8, 4) is 11.5 Å². The summed E-state index contributed by atoms with van der Waals surface area (Å²) in [6, 6.07) is 8.83. The molecule has 2 rings (SSSR count). The summed E-state index contributed by atoms with van der Waals surface area (Å²) in [6.07, 6.45) is 2.16. The third-order valence-corrected chi connectivity index (χ3v) is 2.66. The van der Waals surface area contributed by atoms with Gasteiger partial charge in [-0.25, -0.2) is 9.37 Å². The van der Waals surface area contributed by atoms with Crippen LogP contribution in [0.5, 0.6) is 11.5 Å². The number of rotatable bonds is 6. The molecule has 1 amide bonds. The summed E-state index contributed by atoms with van der Waals surface area (Å²) in [4.78, 5) is 15.5. The van der Waals surface area contributed by atoms with Gasteiger partial charge in [-0.05, 0) is 30.7 Å². The molecule has 110 valence electrons. The topological polar surface area (TPSA) is 71.5 Å². The van der Waals surface area contributed by atoms with Crippen LogP contribution in [0.3, 0.4) is 0 Å². The molecule has 0 aliphatic carbocycles. The molecule has 0 fully saturated rings. The van der Waals surface area contributed by atoms with Crippen LogP contribution < -0.4 is 10.1 Å². The van der Waals surface area contributed by atoms with E-state index in [2.05, 4.69) is 10.3 Å². The minimum absolute atomic E-state index is 0.0816. The zero-order valence-corrected chi connectivity index (χ0v) is 11.3. The second-order valence-electron chi connectivity index (χ2n) is 4.33. The molecule has 0 aliphatic rings. The number of carbonyl (C=O) groups excluding carboxylic acids is 1. The third-order valence-electron chi connectivity index (χ3n) is 2.66. The molecule has 1 heterocycles. The highest BCUT2D eigenvalue weighted by atomic mass is 19.1. The largest absolute Gasteiger partial charge is 0.504 e. The fraction of sp³-hybridized carbons (Fsp3) is 0.200. The molecule has 0 bridgehead atoms.